The molecule has 1 fully saturated rings. The van der Waals surface area contributed by atoms with E-state index >= 15 is 0 Å². The number of alkyl halides is 2. The summed E-state index contributed by atoms with van der Waals surface area (Å²) < 4.78 is 30.0. The van der Waals surface area contributed by atoms with Gasteiger partial charge in [0.15, 0.2) is 0 Å². The molecule has 1 aliphatic heterocycles. The molecule has 2 aromatic rings. The highest BCUT2D eigenvalue weighted by molar-refractivity contribution is 5.85. The van der Waals surface area contributed by atoms with Gasteiger partial charge in [-0.25, -0.2) is 13.8 Å². The van der Waals surface area contributed by atoms with E-state index in [1.807, 2.05) is 24.3 Å². The lowest BCUT2D eigenvalue weighted by Crippen LogP contribution is -2.45. The molecule has 1 unspecified atom stereocenters. The molecule has 0 saturated carbocycles. The van der Waals surface area contributed by atoms with Gasteiger partial charge in [0, 0.05) is 12.7 Å². The van der Waals surface area contributed by atoms with Crippen molar-refractivity contribution in [1.82, 2.24) is 15.3 Å². The van der Waals surface area contributed by atoms with Gasteiger partial charge in [-0.05, 0) is 31.0 Å². The maximum absolute atomic E-state index is 12.4. The second-order valence-electron chi connectivity index (χ2n) is 6.05. The minimum atomic E-state index is -2.58. The third-order valence-corrected chi connectivity index (χ3v) is 4.26. The number of hydrogen-bond donors (Lipinski definition) is 2. The zero-order valence-corrected chi connectivity index (χ0v) is 14.9. The normalized spacial score (nSPS) is 16.4. The van der Waals surface area contributed by atoms with Crippen molar-refractivity contribution in [3.05, 3.63) is 36.5 Å². The predicted octanol–water partition coefficient (Wildman–Crippen LogP) is 2.58. The first-order valence-corrected chi connectivity index (χ1v) is 8.64. The smallest absolute Gasteiger partial charge is 0.255 e. The fraction of sp³-hybridized carbons (Fsp3) is 0.389. The Morgan fingerprint density at radius 3 is 2.96 bits per heavy atom. The molecule has 0 radical (unpaired) electrons. The van der Waals surface area contributed by atoms with Crippen molar-refractivity contribution in [2.75, 3.05) is 30.4 Å². The lowest BCUT2D eigenvalue weighted by Gasteiger charge is -2.24. The number of halogens is 2. The van der Waals surface area contributed by atoms with Crippen LogP contribution in [0.1, 0.15) is 12.8 Å². The number of carbonyl (C=O) groups is 1. The van der Waals surface area contributed by atoms with Crippen LogP contribution in [0.25, 0.3) is 0 Å². The van der Waals surface area contributed by atoms with E-state index in [2.05, 4.69) is 20.6 Å². The first-order chi connectivity index (χ1) is 13.1. The molecule has 0 aliphatic carbocycles. The molecule has 1 amide bonds. The molecule has 144 valence electrons. The summed E-state index contributed by atoms with van der Waals surface area (Å²) in [6.45, 7) is -0.0652. The Morgan fingerprint density at radius 1 is 1.37 bits per heavy atom. The van der Waals surface area contributed by atoms with Crippen LogP contribution in [-0.4, -0.2) is 48.5 Å². The molecule has 9 heteroatoms. The number of hydrogen-bond acceptors (Lipinski definition) is 6. The van der Waals surface area contributed by atoms with Gasteiger partial charge in [-0.2, -0.15) is 4.98 Å². The number of benzene rings is 1. The zero-order valence-electron chi connectivity index (χ0n) is 14.9. The Bertz CT molecular complexity index is 790. The molecule has 1 aliphatic rings. The van der Waals surface area contributed by atoms with Crippen LogP contribution >= 0.6 is 0 Å². The standard InChI is InChI=1S/C18H21F2N5O2/c1-27-14-7-3-2-5-12(14)23-16-8-9-21-18(24-16)25-10-4-6-13(25)17(26)22-11-15(19)20/h2-3,5,7-9,13,15H,4,6,10-11H2,1H3,(H,22,26)(H,21,23,24). The van der Waals surface area contributed by atoms with Gasteiger partial charge < -0.3 is 20.3 Å². The number of aromatic nitrogens is 2. The Morgan fingerprint density at radius 2 is 2.19 bits per heavy atom. The predicted molar refractivity (Wildman–Crippen MR) is 97.7 cm³/mol. The number of para-hydroxylation sites is 2. The molecule has 1 atom stereocenters. The first-order valence-electron chi connectivity index (χ1n) is 8.64. The summed E-state index contributed by atoms with van der Waals surface area (Å²) in [5, 5.41) is 5.44. The molecule has 1 saturated heterocycles. The summed E-state index contributed by atoms with van der Waals surface area (Å²) in [6.07, 6.45) is 0.350. The summed E-state index contributed by atoms with van der Waals surface area (Å²) in [6, 6.07) is 8.58. The van der Waals surface area contributed by atoms with Crippen LogP contribution in [0.2, 0.25) is 0 Å². The zero-order chi connectivity index (χ0) is 19.2. The van der Waals surface area contributed by atoms with Gasteiger partial charge in [0.1, 0.15) is 17.6 Å². The Hall–Kier alpha value is -2.97. The highest BCUT2D eigenvalue weighted by Crippen LogP contribution is 2.28. The first kappa shape index (κ1) is 18.8. The summed E-state index contributed by atoms with van der Waals surface area (Å²) in [5.41, 5.74) is 0.747. The lowest BCUT2D eigenvalue weighted by molar-refractivity contribution is -0.122. The SMILES string of the molecule is COc1ccccc1Nc1ccnc(N2CCCC2C(=O)NCC(F)F)n1. The van der Waals surface area contributed by atoms with E-state index in [4.69, 9.17) is 4.74 Å². The molecule has 2 N–H and O–H groups in total. The molecular formula is C18H21F2N5O2. The molecule has 0 bridgehead atoms. The number of ether oxygens (including phenoxy) is 1. The topological polar surface area (TPSA) is 79.4 Å². The van der Waals surface area contributed by atoms with Crippen molar-refractivity contribution in [3.63, 3.8) is 0 Å². The summed E-state index contributed by atoms with van der Waals surface area (Å²) in [7, 11) is 1.58. The van der Waals surface area contributed by atoms with Crippen molar-refractivity contribution in [2.45, 2.75) is 25.3 Å². The minimum Gasteiger partial charge on any atom is -0.495 e. The lowest BCUT2D eigenvalue weighted by atomic mass is 10.2. The third kappa shape index (κ3) is 4.60. The van der Waals surface area contributed by atoms with Crippen LogP contribution < -0.4 is 20.3 Å². The average molecular weight is 377 g/mol. The molecule has 7 nitrogen and oxygen atoms in total. The fourth-order valence-corrected chi connectivity index (χ4v) is 3.02. The summed E-state index contributed by atoms with van der Waals surface area (Å²) in [5.74, 6) is 1.16. The second-order valence-corrected chi connectivity index (χ2v) is 6.05. The largest absolute Gasteiger partial charge is 0.495 e. The Labute approximate surface area is 155 Å². The van der Waals surface area contributed by atoms with E-state index in [9.17, 15) is 13.6 Å². The van der Waals surface area contributed by atoms with Crippen molar-refractivity contribution in [3.8, 4) is 5.75 Å². The van der Waals surface area contributed by atoms with Crippen LogP contribution in [0.4, 0.5) is 26.2 Å². The molecule has 3 rings (SSSR count). The van der Waals surface area contributed by atoms with Crippen molar-refractivity contribution < 1.29 is 18.3 Å². The number of nitrogens with one attached hydrogen (secondary N) is 2. The molecule has 0 spiro atoms. The maximum atomic E-state index is 12.4. The second kappa shape index (κ2) is 8.61. The van der Waals surface area contributed by atoms with Crippen LogP contribution in [0.5, 0.6) is 5.75 Å². The quantitative estimate of drug-likeness (QED) is 0.772. The van der Waals surface area contributed by atoms with Crippen molar-refractivity contribution in [2.24, 2.45) is 0 Å². The van der Waals surface area contributed by atoms with Gasteiger partial charge in [-0.1, -0.05) is 12.1 Å². The molecule has 2 heterocycles. The maximum Gasteiger partial charge on any atom is 0.255 e. The number of rotatable bonds is 7. The molecule has 1 aromatic carbocycles. The monoisotopic (exact) mass is 377 g/mol. The van der Waals surface area contributed by atoms with Gasteiger partial charge in [-0.15, -0.1) is 0 Å². The average Bonchev–Trinajstić information content (AvgIpc) is 3.17. The fourth-order valence-electron chi connectivity index (χ4n) is 3.02. The van der Waals surface area contributed by atoms with Gasteiger partial charge >= 0.3 is 0 Å². The minimum absolute atomic E-state index is 0.379. The van der Waals surface area contributed by atoms with E-state index in [0.29, 0.717) is 30.5 Å². The number of methoxy groups -OCH3 is 1. The Balaban J connectivity index is 1.75. The summed E-state index contributed by atoms with van der Waals surface area (Å²) in [4.78, 5) is 22.7. The number of nitrogens with zero attached hydrogens (tertiary/aromatic N) is 3. The van der Waals surface area contributed by atoms with Crippen LogP contribution in [0, 0.1) is 0 Å². The van der Waals surface area contributed by atoms with Gasteiger partial charge in [0.05, 0.1) is 19.3 Å². The van der Waals surface area contributed by atoms with E-state index in [-0.39, 0.29) is 0 Å². The number of amides is 1. The molecular weight excluding hydrogens is 356 g/mol. The van der Waals surface area contributed by atoms with E-state index < -0.39 is 24.9 Å². The summed E-state index contributed by atoms with van der Waals surface area (Å²) >= 11 is 0. The number of carbonyl (C=O) groups excluding carboxylic acids is 1. The number of anilines is 3. The van der Waals surface area contributed by atoms with Gasteiger partial charge in [-0.3, -0.25) is 4.79 Å². The van der Waals surface area contributed by atoms with E-state index in [1.54, 1.807) is 24.3 Å². The highest BCUT2D eigenvalue weighted by Gasteiger charge is 2.32. The van der Waals surface area contributed by atoms with Gasteiger partial charge in [0.25, 0.3) is 6.43 Å². The third-order valence-electron chi connectivity index (χ3n) is 4.26. The Kier molecular flexibility index (Phi) is 6.00. The van der Waals surface area contributed by atoms with E-state index in [0.717, 1.165) is 12.1 Å². The van der Waals surface area contributed by atoms with Crippen LogP contribution in [-0.2, 0) is 4.79 Å². The van der Waals surface area contributed by atoms with Gasteiger partial charge in [0.2, 0.25) is 11.9 Å². The van der Waals surface area contributed by atoms with Crippen LogP contribution in [0.3, 0.4) is 0 Å². The van der Waals surface area contributed by atoms with E-state index in [1.165, 1.54) is 0 Å². The highest BCUT2D eigenvalue weighted by atomic mass is 19.3. The molecule has 1 aromatic heterocycles. The molecule has 27 heavy (non-hydrogen) atoms. The van der Waals surface area contributed by atoms with Crippen molar-refractivity contribution >= 4 is 23.4 Å². The van der Waals surface area contributed by atoms with Crippen molar-refractivity contribution in [1.29, 1.82) is 0 Å². The van der Waals surface area contributed by atoms with Crippen LogP contribution in [0.15, 0.2) is 36.5 Å².